The molecule has 0 bridgehead atoms. The number of fused-ring (bicyclic) bond motifs is 1. The number of carbonyl (C=O) groups is 6. The molecule has 1 aromatic carbocycles. The standard InChI is InChI=1S/C33H39FN4O10S/c1-3-20-12-33(20,31(43)36-49(45,46)22-7-8-22)13-26(39)25-11-21(47-32(44)37-15-19-5-4-6-24(34)23(19)17-37)16-38(25)30(42)18(2)14-35-29(41)27-9-10-28(40)48-27/h3-6,18,20-22,25,27H,1,7-17H2,2H3,(H,35,41)(H,36,43)/t18-,20+,21?,25-,27+,33+/m0/s1. The highest BCUT2D eigenvalue weighted by Gasteiger charge is 2.61. The molecule has 3 heterocycles. The van der Waals surface area contributed by atoms with Crippen LogP contribution in [0, 0.1) is 23.1 Å². The monoisotopic (exact) mass is 702 g/mol. The maximum Gasteiger partial charge on any atom is 0.410 e. The number of rotatable bonds is 12. The van der Waals surface area contributed by atoms with Crippen molar-refractivity contribution in [3.8, 4) is 0 Å². The first-order valence-electron chi connectivity index (χ1n) is 16.4. The van der Waals surface area contributed by atoms with Gasteiger partial charge in [-0.3, -0.25) is 33.6 Å². The summed E-state index contributed by atoms with van der Waals surface area (Å²) in [7, 11) is -3.88. The number of esters is 1. The molecule has 264 valence electrons. The Hall–Kier alpha value is -4.34. The number of hydrogen-bond acceptors (Lipinski definition) is 10. The van der Waals surface area contributed by atoms with E-state index in [1.807, 2.05) is 0 Å². The van der Waals surface area contributed by atoms with Crippen LogP contribution in [0.4, 0.5) is 9.18 Å². The average Bonchev–Trinajstić information content (AvgIpc) is 3.88. The van der Waals surface area contributed by atoms with Gasteiger partial charge in [-0.25, -0.2) is 17.6 Å². The van der Waals surface area contributed by atoms with Crippen molar-refractivity contribution >= 4 is 45.6 Å². The molecule has 2 N–H and O–H groups in total. The number of ether oxygens (including phenoxy) is 2. The van der Waals surface area contributed by atoms with Gasteiger partial charge in [0.2, 0.25) is 21.8 Å². The van der Waals surface area contributed by atoms with Crippen LogP contribution in [0.15, 0.2) is 30.9 Å². The summed E-state index contributed by atoms with van der Waals surface area (Å²) < 4.78 is 52.3. The van der Waals surface area contributed by atoms with Crippen LogP contribution in [0.1, 0.15) is 63.0 Å². The van der Waals surface area contributed by atoms with Crippen molar-refractivity contribution in [2.75, 3.05) is 13.1 Å². The van der Waals surface area contributed by atoms with Gasteiger partial charge in [0, 0.05) is 44.3 Å². The van der Waals surface area contributed by atoms with Crippen LogP contribution in [-0.2, 0) is 56.6 Å². The third kappa shape index (κ3) is 7.05. The number of benzene rings is 1. The molecule has 5 aliphatic rings. The van der Waals surface area contributed by atoms with Gasteiger partial charge in [0.1, 0.15) is 11.9 Å². The zero-order valence-corrected chi connectivity index (χ0v) is 27.8. The molecule has 2 saturated heterocycles. The Labute approximate surface area is 282 Å². The molecule has 0 aromatic heterocycles. The molecule has 4 fully saturated rings. The third-order valence-corrected chi connectivity index (χ3v) is 11.9. The highest BCUT2D eigenvalue weighted by molar-refractivity contribution is 7.90. The maximum atomic E-state index is 14.3. The Kier molecular flexibility index (Phi) is 9.28. The van der Waals surface area contributed by atoms with Crippen LogP contribution >= 0.6 is 0 Å². The second-order valence-corrected chi connectivity index (χ2v) is 15.6. The quantitative estimate of drug-likeness (QED) is 0.239. The van der Waals surface area contributed by atoms with E-state index in [0.717, 1.165) is 0 Å². The molecular weight excluding hydrogens is 663 g/mol. The van der Waals surface area contributed by atoms with E-state index in [1.165, 1.54) is 21.9 Å². The molecule has 2 saturated carbocycles. The Balaban J connectivity index is 1.15. The molecule has 2 aliphatic carbocycles. The number of halogens is 1. The van der Waals surface area contributed by atoms with E-state index in [9.17, 15) is 41.6 Å². The fourth-order valence-electron chi connectivity index (χ4n) is 6.92. The summed E-state index contributed by atoms with van der Waals surface area (Å²) in [5, 5.41) is 1.96. The molecular formula is C33H39FN4O10S. The lowest BCUT2D eigenvalue weighted by Crippen LogP contribution is -2.48. The van der Waals surface area contributed by atoms with Crippen molar-refractivity contribution in [3.63, 3.8) is 0 Å². The predicted octanol–water partition coefficient (Wildman–Crippen LogP) is 1.47. The Morgan fingerprint density at radius 1 is 1.18 bits per heavy atom. The number of Topliss-reactive ketones (excluding diaryl/α,β-unsaturated/α-hetero) is 1. The Morgan fingerprint density at radius 3 is 2.57 bits per heavy atom. The number of ketones is 1. The molecule has 6 rings (SSSR count). The van der Waals surface area contributed by atoms with E-state index in [-0.39, 0.29) is 58.3 Å². The van der Waals surface area contributed by atoms with E-state index >= 15 is 0 Å². The van der Waals surface area contributed by atoms with Gasteiger partial charge in [0.05, 0.1) is 35.7 Å². The molecule has 4 amide bonds. The zero-order valence-electron chi connectivity index (χ0n) is 27.0. The second-order valence-electron chi connectivity index (χ2n) is 13.7. The van der Waals surface area contributed by atoms with E-state index in [2.05, 4.69) is 16.6 Å². The topological polar surface area (TPSA) is 186 Å². The number of allylic oxidation sites excluding steroid dienone is 1. The van der Waals surface area contributed by atoms with Crippen LogP contribution in [0.3, 0.4) is 0 Å². The number of nitrogens with one attached hydrogen (secondary N) is 2. The number of likely N-dealkylation sites (tertiary alicyclic amines) is 1. The van der Waals surface area contributed by atoms with E-state index in [0.29, 0.717) is 24.0 Å². The third-order valence-electron chi connectivity index (χ3n) is 10.1. The SMILES string of the molecule is C=C[C@@H]1C[C@]1(CC(=O)[C@@H]1CC(OC(=O)N2Cc3cccc(F)c3C2)CN1C(=O)[C@@H](C)CNC(=O)[C@H]1CCC(=O)O1)C(=O)NS(=O)(=O)C1CC1. The van der Waals surface area contributed by atoms with Crippen molar-refractivity contribution in [2.24, 2.45) is 17.3 Å². The lowest BCUT2D eigenvalue weighted by Gasteiger charge is -2.28. The van der Waals surface area contributed by atoms with Gasteiger partial charge in [-0.05, 0) is 36.8 Å². The van der Waals surface area contributed by atoms with Crippen LogP contribution in [0.2, 0.25) is 0 Å². The van der Waals surface area contributed by atoms with Crippen LogP contribution in [0.5, 0.6) is 0 Å². The van der Waals surface area contributed by atoms with Gasteiger partial charge in [0.25, 0.3) is 5.91 Å². The smallest absolute Gasteiger partial charge is 0.410 e. The van der Waals surface area contributed by atoms with Gasteiger partial charge in [-0.15, -0.1) is 6.58 Å². The molecule has 16 heteroatoms. The van der Waals surface area contributed by atoms with Gasteiger partial charge in [0.15, 0.2) is 11.9 Å². The van der Waals surface area contributed by atoms with Gasteiger partial charge in [-0.1, -0.05) is 25.1 Å². The number of sulfonamides is 1. The molecule has 1 unspecified atom stereocenters. The summed E-state index contributed by atoms with van der Waals surface area (Å²) >= 11 is 0. The number of carbonyl (C=O) groups excluding carboxylic acids is 6. The Morgan fingerprint density at radius 2 is 1.94 bits per heavy atom. The average molecular weight is 703 g/mol. The normalized spacial score (nSPS) is 27.9. The van der Waals surface area contributed by atoms with Crippen LogP contribution < -0.4 is 10.0 Å². The van der Waals surface area contributed by atoms with Crippen molar-refractivity contribution < 1.29 is 51.0 Å². The van der Waals surface area contributed by atoms with Crippen molar-refractivity contribution in [1.29, 1.82) is 0 Å². The van der Waals surface area contributed by atoms with Gasteiger partial charge in [-0.2, -0.15) is 0 Å². The molecule has 14 nitrogen and oxygen atoms in total. The number of hydrogen-bond donors (Lipinski definition) is 2. The minimum atomic E-state index is -3.88. The van der Waals surface area contributed by atoms with E-state index < -0.39 is 92.2 Å². The summed E-state index contributed by atoms with van der Waals surface area (Å²) in [6.07, 6.45) is -0.146. The second kappa shape index (κ2) is 13.2. The van der Waals surface area contributed by atoms with Crippen molar-refractivity contribution in [3.05, 3.63) is 47.8 Å². The summed E-state index contributed by atoms with van der Waals surface area (Å²) in [5.74, 6) is -4.61. The first-order valence-corrected chi connectivity index (χ1v) is 18.0. The molecule has 1 aromatic rings. The number of cyclic esters (lactones) is 1. The Bertz CT molecular complexity index is 1710. The highest BCUT2D eigenvalue weighted by Crippen LogP contribution is 2.57. The summed E-state index contributed by atoms with van der Waals surface area (Å²) in [6.45, 7) is 5.11. The molecule has 3 aliphatic heterocycles. The first-order chi connectivity index (χ1) is 23.2. The minimum absolute atomic E-state index is 0.00403. The molecule has 49 heavy (non-hydrogen) atoms. The van der Waals surface area contributed by atoms with E-state index in [1.54, 1.807) is 19.1 Å². The number of nitrogens with zero attached hydrogens (tertiary/aromatic N) is 2. The summed E-state index contributed by atoms with van der Waals surface area (Å²) in [4.78, 5) is 80.8. The van der Waals surface area contributed by atoms with Crippen molar-refractivity contribution in [2.45, 2.75) is 88.5 Å². The van der Waals surface area contributed by atoms with Gasteiger partial charge < -0.3 is 19.7 Å². The molecule has 0 radical (unpaired) electrons. The fraction of sp³-hybridized carbons (Fsp3) is 0.576. The van der Waals surface area contributed by atoms with Crippen molar-refractivity contribution in [1.82, 2.24) is 19.8 Å². The first kappa shape index (κ1) is 34.5. The molecule has 6 atom stereocenters. The summed E-state index contributed by atoms with van der Waals surface area (Å²) in [5.41, 5.74) is -0.328. The van der Waals surface area contributed by atoms with E-state index in [4.69, 9.17) is 9.47 Å². The fourth-order valence-corrected chi connectivity index (χ4v) is 8.30. The lowest BCUT2D eigenvalue weighted by atomic mass is 9.91. The van der Waals surface area contributed by atoms with Crippen LogP contribution in [0.25, 0.3) is 0 Å². The summed E-state index contributed by atoms with van der Waals surface area (Å²) in [6, 6.07) is 3.45. The largest absolute Gasteiger partial charge is 0.452 e. The number of amides is 4. The molecule has 0 spiro atoms. The lowest BCUT2D eigenvalue weighted by molar-refractivity contribution is -0.148. The zero-order chi connectivity index (χ0) is 35.2. The minimum Gasteiger partial charge on any atom is -0.452 e. The van der Waals surface area contributed by atoms with Gasteiger partial charge >= 0.3 is 12.1 Å². The maximum absolute atomic E-state index is 14.3. The van der Waals surface area contributed by atoms with Crippen LogP contribution in [-0.4, -0.2) is 90.4 Å². The highest BCUT2D eigenvalue weighted by atomic mass is 32.2. The predicted molar refractivity (Wildman–Crippen MR) is 168 cm³/mol.